The largest absolute Gasteiger partial charge is 0.335 e. The standard InChI is InChI=1S/C19H22N4O2/c24-18-9-8-17(20-23(18)14-15-4-2-1-3-5-15)19(25)22-12-10-21(11-13-22)16-6-7-16/h1-5,8-9,16H,6-7,10-14H2. The number of benzene rings is 1. The second kappa shape index (κ2) is 6.80. The Bertz CT molecular complexity index is 806. The minimum atomic E-state index is -0.195. The van der Waals surface area contributed by atoms with Gasteiger partial charge in [0.25, 0.3) is 11.5 Å². The molecule has 0 N–H and O–H groups in total. The highest BCUT2D eigenvalue weighted by Crippen LogP contribution is 2.27. The van der Waals surface area contributed by atoms with E-state index < -0.39 is 0 Å². The van der Waals surface area contributed by atoms with Gasteiger partial charge in [-0.2, -0.15) is 5.10 Å². The predicted molar refractivity (Wildman–Crippen MR) is 94.5 cm³/mol. The van der Waals surface area contributed by atoms with Gasteiger partial charge in [0.15, 0.2) is 0 Å². The lowest BCUT2D eigenvalue weighted by Crippen LogP contribution is -2.49. The fourth-order valence-corrected chi connectivity index (χ4v) is 3.32. The lowest BCUT2D eigenvalue weighted by molar-refractivity contribution is 0.0619. The van der Waals surface area contributed by atoms with Gasteiger partial charge in [-0.1, -0.05) is 30.3 Å². The third kappa shape index (κ3) is 3.64. The van der Waals surface area contributed by atoms with Gasteiger partial charge < -0.3 is 4.90 Å². The van der Waals surface area contributed by atoms with Crippen LogP contribution in [0.1, 0.15) is 28.9 Å². The lowest BCUT2D eigenvalue weighted by Gasteiger charge is -2.34. The molecule has 0 bridgehead atoms. The Hall–Kier alpha value is -2.47. The SMILES string of the molecule is O=C(c1ccc(=O)n(Cc2ccccc2)n1)N1CCN(C2CC2)CC1. The van der Waals surface area contributed by atoms with Crippen LogP contribution in [0.15, 0.2) is 47.3 Å². The van der Waals surface area contributed by atoms with E-state index in [1.165, 1.54) is 23.6 Å². The van der Waals surface area contributed by atoms with Gasteiger partial charge in [0.2, 0.25) is 0 Å². The van der Waals surface area contributed by atoms with E-state index in [2.05, 4.69) is 10.00 Å². The molecule has 2 heterocycles. The van der Waals surface area contributed by atoms with E-state index in [0.717, 1.165) is 37.8 Å². The van der Waals surface area contributed by atoms with Crippen molar-refractivity contribution in [3.8, 4) is 0 Å². The van der Waals surface area contributed by atoms with Crippen LogP contribution in [0.3, 0.4) is 0 Å². The molecule has 1 saturated heterocycles. The van der Waals surface area contributed by atoms with Crippen molar-refractivity contribution in [2.24, 2.45) is 0 Å². The molecule has 6 heteroatoms. The van der Waals surface area contributed by atoms with Crippen molar-refractivity contribution in [1.82, 2.24) is 19.6 Å². The Morgan fingerprint density at radius 2 is 1.72 bits per heavy atom. The molecule has 1 aromatic carbocycles. The van der Waals surface area contributed by atoms with E-state index in [9.17, 15) is 9.59 Å². The first-order valence-electron chi connectivity index (χ1n) is 8.86. The summed E-state index contributed by atoms with van der Waals surface area (Å²) < 4.78 is 1.36. The highest BCUT2D eigenvalue weighted by Gasteiger charge is 2.32. The molecule has 6 nitrogen and oxygen atoms in total. The zero-order valence-corrected chi connectivity index (χ0v) is 14.2. The van der Waals surface area contributed by atoms with E-state index in [1.54, 1.807) is 6.07 Å². The molecule has 2 aliphatic rings. The van der Waals surface area contributed by atoms with Gasteiger partial charge in [-0.05, 0) is 24.5 Å². The van der Waals surface area contributed by atoms with Crippen molar-refractivity contribution in [2.75, 3.05) is 26.2 Å². The molecule has 25 heavy (non-hydrogen) atoms. The number of amides is 1. The second-order valence-corrected chi connectivity index (χ2v) is 6.76. The second-order valence-electron chi connectivity index (χ2n) is 6.76. The average Bonchev–Trinajstić information content (AvgIpc) is 3.49. The summed E-state index contributed by atoms with van der Waals surface area (Å²) in [6, 6.07) is 13.4. The van der Waals surface area contributed by atoms with Crippen molar-refractivity contribution in [2.45, 2.75) is 25.4 Å². The Balaban J connectivity index is 1.47. The van der Waals surface area contributed by atoms with Gasteiger partial charge in [-0.25, -0.2) is 4.68 Å². The first kappa shape index (κ1) is 16.0. The normalized spacial score (nSPS) is 18.3. The minimum Gasteiger partial charge on any atom is -0.335 e. The molecule has 2 aromatic rings. The molecule has 1 aliphatic carbocycles. The van der Waals surface area contributed by atoms with Crippen LogP contribution in [0.5, 0.6) is 0 Å². The van der Waals surface area contributed by atoms with Crippen molar-refractivity contribution in [3.63, 3.8) is 0 Å². The van der Waals surface area contributed by atoms with Crippen LogP contribution in [0.4, 0.5) is 0 Å². The van der Waals surface area contributed by atoms with Crippen LogP contribution in [-0.4, -0.2) is 57.7 Å². The molecule has 130 valence electrons. The summed E-state index contributed by atoms with van der Waals surface area (Å²) in [5.41, 5.74) is 1.13. The van der Waals surface area contributed by atoms with Gasteiger partial charge >= 0.3 is 0 Å². The summed E-state index contributed by atoms with van der Waals surface area (Å²) in [7, 11) is 0. The minimum absolute atomic E-state index is 0.0859. The Labute approximate surface area is 146 Å². The molecule has 1 saturated carbocycles. The maximum absolute atomic E-state index is 12.7. The summed E-state index contributed by atoms with van der Waals surface area (Å²) in [6.07, 6.45) is 2.58. The highest BCUT2D eigenvalue weighted by atomic mass is 16.2. The topological polar surface area (TPSA) is 58.4 Å². The monoisotopic (exact) mass is 338 g/mol. The number of nitrogens with zero attached hydrogens (tertiary/aromatic N) is 4. The lowest BCUT2D eigenvalue weighted by atomic mass is 10.2. The van der Waals surface area contributed by atoms with Crippen LogP contribution < -0.4 is 5.56 Å². The van der Waals surface area contributed by atoms with Crippen LogP contribution in [0.2, 0.25) is 0 Å². The molecule has 0 spiro atoms. The quantitative estimate of drug-likeness (QED) is 0.841. The van der Waals surface area contributed by atoms with E-state index in [0.29, 0.717) is 12.2 Å². The fraction of sp³-hybridized carbons (Fsp3) is 0.421. The number of carbonyl (C=O) groups is 1. The molecule has 2 fully saturated rings. The van der Waals surface area contributed by atoms with Gasteiger partial charge in [0.1, 0.15) is 5.69 Å². The summed E-state index contributed by atoms with van der Waals surface area (Å²) >= 11 is 0. The highest BCUT2D eigenvalue weighted by molar-refractivity contribution is 5.92. The Morgan fingerprint density at radius 1 is 1.00 bits per heavy atom. The molecule has 0 radical (unpaired) electrons. The molecule has 1 aliphatic heterocycles. The first-order valence-corrected chi connectivity index (χ1v) is 8.86. The smallest absolute Gasteiger partial charge is 0.274 e. The molecular weight excluding hydrogens is 316 g/mol. The van der Waals surface area contributed by atoms with E-state index in [-0.39, 0.29) is 11.5 Å². The third-order valence-electron chi connectivity index (χ3n) is 4.93. The molecule has 4 rings (SSSR count). The summed E-state index contributed by atoms with van der Waals surface area (Å²) in [4.78, 5) is 29.1. The summed E-state index contributed by atoms with van der Waals surface area (Å²) in [5.74, 6) is -0.0859. The molecular formula is C19H22N4O2. The van der Waals surface area contributed by atoms with Crippen LogP contribution in [0.25, 0.3) is 0 Å². The average molecular weight is 338 g/mol. The van der Waals surface area contributed by atoms with Gasteiger partial charge in [-0.3, -0.25) is 14.5 Å². The Morgan fingerprint density at radius 3 is 2.40 bits per heavy atom. The molecule has 0 unspecified atom stereocenters. The first-order chi connectivity index (χ1) is 12.2. The summed E-state index contributed by atoms with van der Waals surface area (Å²) in [6.45, 7) is 3.69. The van der Waals surface area contributed by atoms with E-state index in [4.69, 9.17) is 0 Å². The van der Waals surface area contributed by atoms with Gasteiger partial charge in [0, 0.05) is 38.3 Å². The zero-order valence-electron chi connectivity index (χ0n) is 14.2. The van der Waals surface area contributed by atoms with Crippen LogP contribution in [-0.2, 0) is 6.54 Å². The van der Waals surface area contributed by atoms with Crippen LogP contribution >= 0.6 is 0 Å². The van der Waals surface area contributed by atoms with Crippen molar-refractivity contribution in [1.29, 1.82) is 0 Å². The third-order valence-corrected chi connectivity index (χ3v) is 4.93. The van der Waals surface area contributed by atoms with Crippen molar-refractivity contribution in [3.05, 3.63) is 64.1 Å². The van der Waals surface area contributed by atoms with E-state index in [1.807, 2.05) is 35.2 Å². The van der Waals surface area contributed by atoms with E-state index >= 15 is 0 Å². The summed E-state index contributed by atoms with van der Waals surface area (Å²) in [5, 5.41) is 4.31. The van der Waals surface area contributed by atoms with Crippen molar-refractivity contribution < 1.29 is 4.79 Å². The maximum Gasteiger partial charge on any atom is 0.274 e. The number of piperazine rings is 1. The number of carbonyl (C=O) groups excluding carboxylic acids is 1. The number of hydrogen-bond acceptors (Lipinski definition) is 4. The molecule has 1 amide bonds. The van der Waals surface area contributed by atoms with Gasteiger partial charge in [0.05, 0.1) is 6.54 Å². The number of hydrogen-bond donors (Lipinski definition) is 0. The maximum atomic E-state index is 12.7. The number of rotatable bonds is 4. The fourth-order valence-electron chi connectivity index (χ4n) is 3.32. The molecule has 1 aromatic heterocycles. The van der Waals surface area contributed by atoms with Crippen molar-refractivity contribution >= 4 is 5.91 Å². The number of aromatic nitrogens is 2. The Kier molecular flexibility index (Phi) is 4.36. The van der Waals surface area contributed by atoms with Crippen LogP contribution in [0, 0.1) is 0 Å². The van der Waals surface area contributed by atoms with Gasteiger partial charge in [-0.15, -0.1) is 0 Å². The molecule has 0 atom stereocenters. The predicted octanol–water partition coefficient (Wildman–Crippen LogP) is 1.21. The zero-order chi connectivity index (χ0) is 17.2.